The van der Waals surface area contributed by atoms with Gasteiger partial charge < -0.3 is 10.2 Å². The summed E-state index contributed by atoms with van der Waals surface area (Å²) in [6, 6.07) is 10.0. The van der Waals surface area contributed by atoms with Crippen LogP contribution in [0.5, 0.6) is 0 Å². The van der Waals surface area contributed by atoms with Crippen LogP contribution in [0.3, 0.4) is 0 Å². The normalized spacial score (nSPS) is 11.8. The standard InChI is InChI=1S/C18H26N4O/c1-13-7-9-14(10-8-13)16-11-15(20-22(16)6)17(23)19-12-18(2,3)21(4)5/h7-11H,12H2,1-6H3,(H,19,23). The molecule has 0 aliphatic carbocycles. The largest absolute Gasteiger partial charge is 0.349 e. The predicted molar refractivity (Wildman–Crippen MR) is 93.5 cm³/mol. The van der Waals surface area contributed by atoms with Gasteiger partial charge in [0.15, 0.2) is 5.69 Å². The summed E-state index contributed by atoms with van der Waals surface area (Å²) < 4.78 is 1.75. The number of rotatable bonds is 5. The third-order valence-electron chi connectivity index (χ3n) is 4.35. The first-order valence-corrected chi connectivity index (χ1v) is 7.77. The Hall–Kier alpha value is -2.14. The third-order valence-corrected chi connectivity index (χ3v) is 4.35. The maximum absolute atomic E-state index is 12.4. The Balaban J connectivity index is 2.14. The molecule has 0 fully saturated rings. The second-order valence-corrected chi connectivity index (χ2v) is 6.79. The average molecular weight is 314 g/mol. The van der Waals surface area contributed by atoms with Gasteiger partial charge in [-0.3, -0.25) is 9.48 Å². The van der Waals surface area contributed by atoms with E-state index in [1.54, 1.807) is 4.68 Å². The minimum atomic E-state index is -0.145. The Morgan fingerprint density at radius 1 is 1.26 bits per heavy atom. The van der Waals surface area contributed by atoms with E-state index in [9.17, 15) is 4.79 Å². The molecule has 2 aromatic rings. The Kier molecular flexibility index (Phi) is 4.90. The van der Waals surface area contributed by atoms with Crippen molar-refractivity contribution in [2.75, 3.05) is 20.6 Å². The average Bonchev–Trinajstić information content (AvgIpc) is 2.87. The molecule has 5 nitrogen and oxygen atoms in total. The van der Waals surface area contributed by atoms with Crippen LogP contribution in [-0.4, -0.2) is 46.8 Å². The van der Waals surface area contributed by atoms with E-state index in [1.807, 2.05) is 39.3 Å². The Morgan fingerprint density at radius 3 is 2.43 bits per heavy atom. The zero-order chi connectivity index (χ0) is 17.2. The highest BCUT2D eigenvalue weighted by molar-refractivity contribution is 5.93. The molecular weight excluding hydrogens is 288 g/mol. The highest BCUT2D eigenvalue weighted by Gasteiger charge is 2.22. The smallest absolute Gasteiger partial charge is 0.271 e. The van der Waals surface area contributed by atoms with Gasteiger partial charge in [0.2, 0.25) is 0 Å². The van der Waals surface area contributed by atoms with E-state index in [0.717, 1.165) is 11.3 Å². The van der Waals surface area contributed by atoms with Crippen molar-refractivity contribution in [3.05, 3.63) is 41.6 Å². The van der Waals surface area contributed by atoms with E-state index in [-0.39, 0.29) is 11.4 Å². The lowest BCUT2D eigenvalue weighted by molar-refractivity contribution is 0.0914. The molecule has 1 amide bonds. The fourth-order valence-electron chi connectivity index (χ4n) is 2.12. The van der Waals surface area contributed by atoms with Gasteiger partial charge in [-0.1, -0.05) is 29.8 Å². The molecule has 1 heterocycles. The topological polar surface area (TPSA) is 50.2 Å². The molecule has 1 aromatic heterocycles. The molecule has 0 aliphatic rings. The van der Waals surface area contributed by atoms with Crippen LogP contribution in [0.4, 0.5) is 0 Å². The summed E-state index contributed by atoms with van der Waals surface area (Å²) in [4.78, 5) is 14.4. The minimum absolute atomic E-state index is 0.107. The van der Waals surface area contributed by atoms with Crippen molar-refractivity contribution in [3.63, 3.8) is 0 Å². The molecule has 1 aromatic carbocycles. The van der Waals surface area contributed by atoms with Crippen LogP contribution in [0.25, 0.3) is 11.3 Å². The molecule has 1 N–H and O–H groups in total. The number of hydrogen-bond donors (Lipinski definition) is 1. The van der Waals surface area contributed by atoms with Crippen LogP contribution in [0, 0.1) is 6.92 Å². The SMILES string of the molecule is Cc1ccc(-c2cc(C(=O)NCC(C)(C)N(C)C)nn2C)cc1. The predicted octanol–water partition coefficient (Wildman–Crippen LogP) is 2.47. The zero-order valence-corrected chi connectivity index (χ0v) is 14.8. The summed E-state index contributed by atoms with van der Waals surface area (Å²) in [7, 11) is 5.86. The van der Waals surface area contributed by atoms with Gasteiger partial charge in [0.1, 0.15) is 0 Å². The fourth-order valence-corrected chi connectivity index (χ4v) is 2.12. The van der Waals surface area contributed by atoms with Gasteiger partial charge in [0.05, 0.1) is 5.69 Å². The molecule has 124 valence electrons. The van der Waals surface area contributed by atoms with Gasteiger partial charge in [0.25, 0.3) is 5.91 Å². The van der Waals surface area contributed by atoms with Crippen LogP contribution in [0.15, 0.2) is 30.3 Å². The second-order valence-electron chi connectivity index (χ2n) is 6.79. The van der Waals surface area contributed by atoms with Gasteiger partial charge in [0, 0.05) is 19.1 Å². The van der Waals surface area contributed by atoms with Crippen molar-refractivity contribution < 1.29 is 4.79 Å². The molecule has 0 unspecified atom stereocenters. The lowest BCUT2D eigenvalue weighted by Crippen LogP contribution is -2.48. The lowest BCUT2D eigenvalue weighted by atomic mass is 10.0. The number of nitrogens with zero attached hydrogens (tertiary/aromatic N) is 3. The second kappa shape index (κ2) is 6.54. The Labute approximate surface area is 138 Å². The maximum atomic E-state index is 12.4. The molecule has 2 rings (SSSR count). The molecule has 0 spiro atoms. The molecule has 0 saturated carbocycles. The third kappa shape index (κ3) is 3.99. The molecule has 0 aliphatic heterocycles. The number of carbonyl (C=O) groups is 1. The molecular formula is C18H26N4O. The van der Waals surface area contributed by atoms with Crippen molar-refractivity contribution in [3.8, 4) is 11.3 Å². The molecule has 0 atom stereocenters. The number of likely N-dealkylation sites (N-methyl/N-ethyl adjacent to an activating group) is 1. The summed E-state index contributed by atoms with van der Waals surface area (Å²) in [6.45, 7) is 6.79. The summed E-state index contributed by atoms with van der Waals surface area (Å²) in [6.07, 6.45) is 0. The van der Waals surface area contributed by atoms with Gasteiger partial charge in [-0.25, -0.2) is 0 Å². The van der Waals surface area contributed by atoms with Crippen LogP contribution < -0.4 is 5.32 Å². The number of aromatic nitrogens is 2. The molecule has 0 radical (unpaired) electrons. The van der Waals surface area contributed by atoms with Gasteiger partial charge in [-0.15, -0.1) is 0 Å². The van der Waals surface area contributed by atoms with Crippen molar-refractivity contribution >= 4 is 5.91 Å². The first kappa shape index (κ1) is 17.2. The summed E-state index contributed by atoms with van der Waals surface area (Å²) in [5.41, 5.74) is 3.53. The van der Waals surface area contributed by atoms with Crippen LogP contribution in [0.1, 0.15) is 29.9 Å². The molecule has 0 saturated heterocycles. The number of hydrogen-bond acceptors (Lipinski definition) is 3. The van der Waals surface area contributed by atoms with E-state index >= 15 is 0 Å². The number of amides is 1. The number of benzene rings is 1. The van der Waals surface area contributed by atoms with Crippen molar-refractivity contribution in [1.82, 2.24) is 20.0 Å². The molecule has 5 heteroatoms. The highest BCUT2D eigenvalue weighted by Crippen LogP contribution is 2.20. The minimum Gasteiger partial charge on any atom is -0.349 e. The quantitative estimate of drug-likeness (QED) is 0.922. The lowest BCUT2D eigenvalue weighted by Gasteiger charge is -2.32. The summed E-state index contributed by atoms with van der Waals surface area (Å²) in [5, 5.41) is 7.31. The summed E-state index contributed by atoms with van der Waals surface area (Å²) in [5.74, 6) is -0.145. The fraction of sp³-hybridized carbons (Fsp3) is 0.444. The number of nitrogens with one attached hydrogen (secondary N) is 1. The van der Waals surface area contributed by atoms with E-state index in [0.29, 0.717) is 12.2 Å². The van der Waals surface area contributed by atoms with Crippen LogP contribution in [-0.2, 0) is 7.05 Å². The molecule has 23 heavy (non-hydrogen) atoms. The number of carbonyl (C=O) groups excluding carboxylic acids is 1. The van der Waals surface area contributed by atoms with E-state index in [2.05, 4.69) is 48.2 Å². The van der Waals surface area contributed by atoms with Crippen molar-refractivity contribution in [1.29, 1.82) is 0 Å². The van der Waals surface area contributed by atoms with E-state index in [4.69, 9.17) is 0 Å². The molecule has 0 bridgehead atoms. The highest BCUT2D eigenvalue weighted by atomic mass is 16.1. The van der Waals surface area contributed by atoms with Gasteiger partial charge in [-0.05, 0) is 46.5 Å². The van der Waals surface area contributed by atoms with Crippen molar-refractivity contribution in [2.24, 2.45) is 7.05 Å². The zero-order valence-electron chi connectivity index (χ0n) is 14.8. The first-order valence-electron chi connectivity index (χ1n) is 7.77. The van der Waals surface area contributed by atoms with Crippen LogP contribution >= 0.6 is 0 Å². The van der Waals surface area contributed by atoms with Crippen molar-refractivity contribution in [2.45, 2.75) is 26.3 Å². The Bertz CT molecular complexity index is 684. The first-order chi connectivity index (χ1) is 10.7. The van der Waals surface area contributed by atoms with E-state index < -0.39 is 0 Å². The van der Waals surface area contributed by atoms with Crippen LogP contribution in [0.2, 0.25) is 0 Å². The van der Waals surface area contributed by atoms with Gasteiger partial charge >= 0.3 is 0 Å². The Morgan fingerprint density at radius 2 is 1.87 bits per heavy atom. The van der Waals surface area contributed by atoms with E-state index in [1.165, 1.54) is 5.56 Å². The maximum Gasteiger partial charge on any atom is 0.271 e. The van der Waals surface area contributed by atoms with Gasteiger partial charge in [-0.2, -0.15) is 5.10 Å². The number of aryl methyl sites for hydroxylation is 2. The summed E-state index contributed by atoms with van der Waals surface area (Å²) >= 11 is 0. The monoisotopic (exact) mass is 314 g/mol.